The van der Waals surface area contributed by atoms with Gasteiger partial charge in [-0.3, -0.25) is 4.68 Å². The van der Waals surface area contributed by atoms with Crippen LogP contribution in [-0.4, -0.2) is 9.78 Å². The van der Waals surface area contributed by atoms with Gasteiger partial charge in [-0.05, 0) is 6.42 Å². The van der Waals surface area contributed by atoms with Crippen LogP contribution < -0.4 is 0 Å². The van der Waals surface area contributed by atoms with E-state index in [1.807, 2.05) is 0 Å². The monoisotopic (exact) mass is 232 g/mol. The molecule has 1 aromatic carbocycles. The molecular weight excluding hydrogens is 224 g/mol. The summed E-state index contributed by atoms with van der Waals surface area (Å²) in [5, 5.41) is 3.35. The molecule has 1 aromatic heterocycles. The van der Waals surface area contributed by atoms with Crippen LogP contribution in [0, 0.1) is 23.3 Å². The first-order chi connectivity index (χ1) is 7.49. The molecule has 2 nitrogen and oxygen atoms in total. The Hall–Kier alpha value is -1.59. The number of benzene rings is 1. The van der Waals surface area contributed by atoms with Crippen LogP contribution in [0.3, 0.4) is 0 Å². The summed E-state index contributed by atoms with van der Waals surface area (Å²) >= 11 is 0. The van der Waals surface area contributed by atoms with E-state index >= 15 is 0 Å². The van der Waals surface area contributed by atoms with Crippen LogP contribution in [0.5, 0.6) is 0 Å². The zero-order valence-electron chi connectivity index (χ0n) is 8.61. The molecule has 16 heavy (non-hydrogen) atoms. The fourth-order valence-corrected chi connectivity index (χ4v) is 1.76. The SMILES string of the molecule is CCc1c2c(F)c(F)c(F)c(F)c2nn1C. The van der Waals surface area contributed by atoms with E-state index in [4.69, 9.17) is 0 Å². The number of halogens is 4. The highest BCUT2D eigenvalue weighted by Crippen LogP contribution is 2.28. The molecule has 1 heterocycles. The maximum atomic E-state index is 13.5. The van der Waals surface area contributed by atoms with Gasteiger partial charge in [-0.1, -0.05) is 6.92 Å². The molecular formula is C10H8F4N2. The van der Waals surface area contributed by atoms with Crippen molar-refractivity contribution in [3.63, 3.8) is 0 Å². The van der Waals surface area contributed by atoms with E-state index in [9.17, 15) is 17.6 Å². The minimum Gasteiger partial charge on any atom is -0.271 e. The van der Waals surface area contributed by atoms with Crippen molar-refractivity contribution in [2.24, 2.45) is 7.05 Å². The molecule has 0 amide bonds. The topological polar surface area (TPSA) is 17.8 Å². The third-order valence-corrected chi connectivity index (χ3v) is 2.51. The lowest BCUT2D eigenvalue weighted by molar-refractivity contribution is 0.417. The molecule has 0 aliphatic heterocycles. The molecule has 2 rings (SSSR count). The molecule has 0 saturated carbocycles. The van der Waals surface area contributed by atoms with Gasteiger partial charge >= 0.3 is 0 Å². The molecule has 0 atom stereocenters. The Labute approximate surface area is 88.5 Å². The first-order valence-corrected chi connectivity index (χ1v) is 4.66. The van der Waals surface area contributed by atoms with E-state index < -0.39 is 28.8 Å². The molecule has 0 bridgehead atoms. The first-order valence-electron chi connectivity index (χ1n) is 4.66. The number of fused-ring (bicyclic) bond motifs is 1. The molecule has 0 aliphatic rings. The normalized spacial score (nSPS) is 11.4. The van der Waals surface area contributed by atoms with Crippen molar-refractivity contribution in [2.75, 3.05) is 0 Å². The Morgan fingerprint density at radius 1 is 1.00 bits per heavy atom. The molecule has 0 radical (unpaired) electrons. The number of hydrogen-bond acceptors (Lipinski definition) is 1. The maximum absolute atomic E-state index is 13.5. The molecule has 2 aromatic rings. The van der Waals surface area contributed by atoms with E-state index in [0.29, 0.717) is 12.1 Å². The molecule has 0 unspecified atom stereocenters. The third-order valence-electron chi connectivity index (χ3n) is 2.51. The van der Waals surface area contributed by atoms with E-state index in [-0.39, 0.29) is 5.39 Å². The van der Waals surface area contributed by atoms with Gasteiger partial charge in [0, 0.05) is 12.7 Å². The molecule has 0 fully saturated rings. The Morgan fingerprint density at radius 2 is 1.56 bits per heavy atom. The van der Waals surface area contributed by atoms with Crippen LogP contribution in [-0.2, 0) is 13.5 Å². The number of rotatable bonds is 1. The van der Waals surface area contributed by atoms with Gasteiger partial charge in [-0.25, -0.2) is 17.6 Å². The van der Waals surface area contributed by atoms with Crippen molar-refractivity contribution in [3.05, 3.63) is 29.0 Å². The second-order valence-electron chi connectivity index (χ2n) is 3.40. The largest absolute Gasteiger partial charge is 0.271 e. The lowest BCUT2D eigenvalue weighted by atomic mass is 10.1. The molecule has 0 spiro atoms. The van der Waals surface area contributed by atoms with Crippen LogP contribution >= 0.6 is 0 Å². The van der Waals surface area contributed by atoms with E-state index in [1.165, 1.54) is 11.7 Å². The van der Waals surface area contributed by atoms with Gasteiger partial charge in [0.15, 0.2) is 23.3 Å². The average Bonchev–Trinajstić information content (AvgIpc) is 2.60. The highest BCUT2D eigenvalue weighted by molar-refractivity contribution is 5.83. The van der Waals surface area contributed by atoms with Gasteiger partial charge in [0.1, 0.15) is 5.52 Å². The zero-order valence-corrected chi connectivity index (χ0v) is 8.61. The standard InChI is InChI=1S/C10H8F4N2/c1-3-4-5-6(11)7(12)8(13)9(14)10(5)15-16(4)2/h3H2,1-2H3. The molecule has 86 valence electrons. The average molecular weight is 232 g/mol. The van der Waals surface area contributed by atoms with Crippen LogP contribution in [0.2, 0.25) is 0 Å². The van der Waals surface area contributed by atoms with Crippen LogP contribution in [0.15, 0.2) is 0 Å². The van der Waals surface area contributed by atoms with Gasteiger partial charge in [-0.15, -0.1) is 0 Å². The summed E-state index contributed by atoms with van der Waals surface area (Å²) in [5.41, 5.74) is -0.152. The fourth-order valence-electron chi connectivity index (χ4n) is 1.76. The highest BCUT2D eigenvalue weighted by atomic mass is 19.2. The van der Waals surface area contributed by atoms with Gasteiger partial charge in [0.2, 0.25) is 0 Å². The molecule has 6 heteroatoms. The summed E-state index contributed by atoms with van der Waals surface area (Å²) in [5.74, 6) is -6.47. The van der Waals surface area contributed by atoms with Crippen molar-refractivity contribution < 1.29 is 17.6 Å². The molecule has 0 N–H and O–H groups in total. The Morgan fingerprint density at radius 3 is 2.12 bits per heavy atom. The summed E-state index contributed by atoms with van der Waals surface area (Å²) in [6.45, 7) is 1.69. The lowest BCUT2D eigenvalue weighted by Gasteiger charge is -2.00. The van der Waals surface area contributed by atoms with Gasteiger partial charge in [0.25, 0.3) is 0 Å². The fraction of sp³-hybridized carbons (Fsp3) is 0.300. The van der Waals surface area contributed by atoms with Crippen molar-refractivity contribution in [1.82, 2.24) is 9.78 Å². The number of hydrogen-bond donors (Lipinski definition) is 0. The second kappa shape index (κ2) is 3.47. The number of aryl methyl sites for hydroxylation is 2. The first kappa shape index (κ1) is 10.9. The lowest BCUT2D eigenvalue weighted by Crippen LogP contribution is -1.98. The highest BCUT2D eigenvalue weighted by Gasteiger charge is 2.25. The predicted molar refractivity (Wildman–Crippen MR) is 49.9 cm³/mol. The maximum Gasteiger partial charge on any atom is 0.199 e. The molecule has 0 saturated heterocycles. The van der Waals surface area contributed by atoms with Crippen molar-refractivity contribution in [3.8, 4) is 0 Å². The minimum absolute atomic E-state index is 0.290. The van der Waals surface area contributed by atoms with E-state index in [2.05, 4.69) is 5.10 Å². The van der Waals surface area contributed by atoms with Gasteiger partial charge in [-0.2, -0.15) is 5.10 Å². The summed E-state index contributed by atoms with van der Waals surface area (Å²) in [6, 6.07) is 0. The summed E-state index contributed by atoms with van der Waals surface area (Å²) in [6.07, 6.45) is 0.342. The Bertz CT molecular complexity index is 574. The van der Waals surface area contributed by atoms with Crippen LogP contribution in [0.4, 0.5) is 17.6 Å². The molecule has 0 aliphatic carbocycles. The Balaban J connectivity index is 3.02. The van der Waals surface area contributed by atoms with Gasteiger partial charge in [0.05, 0.1) is 5.39 Å². The van der Waals surface area contributed by atoms with Crippen LogP contribution in [0.1, 0.15) is 12.6 Å². The van der Waals surface area contributed by atoms with Crippen molar-refractivity contribution in [2.45, 2.75) is 13.3 Å². The van der Waals surface area contributed by atoms with Crippen molar-refractivity contribution in [1.29, 1.82) is 0 Å². The summed E-state index contributed by atoms with van der Waals surface area (Å²) in [4.78, 5) is 0. The second-order valence-corrected chi connectivity index (χ2v) is 3.40. The Kier molecular flexibility index (Phi) is 2.36. The quantitative estimate of drug-likeness (QED) is 0.420. The van der Waals surface area contributed by atoms with E-state index in [1.54, 1.807) is 6.92 Å². The van der Waals surface area contributed by atoms with E-state index in [0.717, 1.165) is 0 Å². The predicted octanol–water partition coefficient (Wildman–Crippen LogP) is 2.69. The minimum atomic E-state index is -1.83. The van der Waals surface area contributed by atoms with Crippen LogP contribution in [0.25, 0.3) is 10.9 Å². The number of aromatic nitrogens is 2. The zero-order chi connectivity index (χ0) is 12.0. The third kappa shape index (κ3) is 1.22. The summed E-state index contributed by atoms with van der Waals surface area (Å²) in [7, 11) is 1.47. The smallest absolute Gasteiger partial charge is 0.199 e. The van der Waals surface area contributed by atoms with Gasteiger partial charge < -0.3 is 0 Å². The summed E-state index contributed by atoms with van der Waals surface area (Å²) < 4.78 is 53.9. The number of nitrogens with zero attached hydrogens (tertiary/aromatic N) is 2. The van der Waals surface area contributed by atoms with Crippen molar-refractivity contribution >= 4 is 10.9 Å².